The highest BCUT2D eigenvalue weighted by atomic mass is 16.5. The van der Waals surface area contributed by atoms with E-state index in [2.05, 4.69) is 5.32 Å². The lowest BCUT2D eigenvalue weighted by atomic mass is 9.59. The molecule has 0 bridgehead atoms. The molecule has 0 radical (unpaired) electrons. The minimum atomic E-state index is -0.250. The number of hydrogen-bond donors (Lipinski definition) is 1. The zero-order valence-electron chi connectivity index (χ0n) is 9.34. The molecule has 1 amide bonds. The minimum absolute atomic E-state index is 0.105. The third-order valence-corrected chi connectivity index (χ3v) is 3.33. The zero-order chi connectivity index (χ0) is 11.7. The monoisotopic (exact) mass is 221 g/mol. The van der Waals surface area contributed by atoms with Crippen molar-refractivity contribution in [3.05, 3.63) is 24.3 Å². The molecule has 1 N–H and O–H groups in total. The fourth-order valence-corrected chi connectivity index (χ4v) is 2.57. The predicted octanol–water partition coefficient (Wildman–Crippen LogP) is 0.652. The second-order valence-electron chi connectivity index (χ2n) is 4.12. The molecular formula is C12H15NO3. The lowest BCUT2D eigenvalue weighted by Gasteiger charge is -2.49. The van der Waals surface area contributed by atoms with Gasteiger partial charge in [0.05, 0.1) is 13.0 Å². The van der Waals surface area contributed by atoms with Crippen molar-refractivity contribution < 1.29 is 14.3 Å². The van der Waals surface area contributed by atoms with Gasteiger partial charge in [-0.3, -0.25) is 9.59 Å². The molecule has 0 aromatic heterocycles. The molecule has 1 aliphatic carbocycles. The quantitative estimate of drug-likeness (QED) is 0.550. The van der Waals surface area contributed by atoms with E-state index < -0.39 is 0 Å². The van der Waals surface area contributed by atoms with Crippen LogP contribution in [0.3, 0.4) is 0 Å². The SMILES string of the molecule is C/C=C/[C@H]1[C@@H]2C=CC(=O)N[C@@H]2[C@@H]1C(=O)OC. The van der Waals surface area contributed by atoms with Gasteiger partial charge in [0.1, 0.15) is 0 Å². The van der Waals surface area contributed by atoms with Crippen LogP contribution in [-0.2, 0) is 14.3 Å². The molecule has 86 valence electrons. The van der Waals surface area contributed by atoms with Gasteiger partial charge in [0.25, 0.3) is 0 Å². The van der Waals surface area contributed by atoms with Gasteiger partial charge in [-0.15, -0.1) is 0 Å². The Morgan fingerprint density at radius 2 is 2.31 bits per heavy atom. The largest absolute Gasteiger partial charge is 0.469 e. The molecule has 4 heteroatoms. The van der Waals surface area contributed by atoms with E-state index in [1.165, 1.54) is 13.2 Å². The summed E-state index contributed by atoms with van der Waals surface area (Å²) in [5.41, 5.74) is 0. The number of hydrogen-bond acceptors (Lipinski definition) is 3. The Bertz CT molecular complexity index is 372. The summed E-state index contributed by atoms with van der Waals surface area (Å²) in [5.74, 6) is -0.272. The van der Waals surface area contributed by atoms with Crippen molar-refractivity contribution in [3.8, 4) is 0 Å². The molecule has 0 saturated heterocycles. The summed E-state index contributed by atoms with van der Waals surface area (Å²) < 4.78 is 4.77. The second kappa shape index (κ2) is 4.12. The third kappa shape index (κ3) is 1.54. The van der Waals surface area contributed by atoms with Crippen LogP contribution in [-0.4, -0.2) is 25.0 Å². The molecule has 0 spiro atoms. The van der Waals surface area contributed by atoms with E-state index in [0.717, 1.165) is 0 Å². The first-order valence-corrected chi connectivity index (χ1v) is 5.38. The van der Waals surface area contributed by atoms with Crippen molar-refractivity contribution >= 4 is 11.9 Å². The highest BCUT2D eigenvalue weighted by Gasteiger charge is 2.53. The molecule has 4 atom stereocenters. The first kappa shape index (κ1) is 10.9. The fourth-order valence-electron chi connectivity index (χ4n) is 2.57. The molecule has 1 heterocycles. The van der Waals surface area contributed by atoms with Crippen LogP contribution >= 0.6 is 0 Å². The van der Waals surface area contributed by atoms with Crippen LogP contribution in [0.15, 0.2) is 24.3 Å². The molecular weight excluding hydrogens is 206 g/mol. The maximum Gasteiger partial charge on any atom is 0.311 e. The number of nitrogens with one attached hydrogen (secondary N) is 1. The van der Waals surface area contributed by atoms with Crippen LogP contribution < -0.4 is 5.32 Å². The van der Waals surface area contributed by atoms with Crippen molar-refractivity contribution in [2.75, 3.05) is 7.11 Å². The Labute approximate surface area is 94.3 Å². The summed E-state index contributed by atoms with van der Waals surface area (Å²) in [6.07, 6.45) is 7.35. The molecule has 0 aromatic carbocycles. The zero-order valence-corrected chi connectivity index (χ0v) is 9.34. The van der Waals surface area contributed by atoms with Gasteiger partial charge in [0, 0.05) is 17.9 Å². The van der Waals surface area contributed by atoms with Crippen molar-refractivity contribution in [1.29, 1.82) is 0 Å². The molecule has 1 saturated carbocycles. The van der Waals surface area contributed by atoms with E-state index in [1.54, 1.807) is 0 Å². The van der Waals surface area contributed by atoms with Gasteiger partial charge in [0.15, 0.2) is 0 Å². The number of methoxy groups -OCH3 is 1. The highest BCUT2D eigenvalue weighted by Crippen LogP contribution is 2.44. The number of rotatable bonds is 2. The minimum Gasteiger partial charge on any atom is -0.469 e. The molecule has 0 aromatic rings. The summed E-state index contributed by atoms with van der Waals surface area (Å²) in [6, 6.07) is -0.105. The Morgan fingerprint density at radius 3 is 2.94 bits per heavy atom. The van der Waals surface area contributed by atoms with E-state index in [-0.39, 0.29) is 35.7 Å². The third-order valence-electron chi connectivity index (χ3n) is 3.33. The van der Waals surface area contributed by atoms with Gasteiger partial charge >= 0.3 is 5.97 Å². The number of fused-ring (bicyclic) bond motifs is 1. The summed E-state index contributed by atoms with van der Waals surface area (Å²) in [7, 11) is 1.38. The number of ether oxygens (including phenoxy) is 1. The molecule has 2 rings (SSSR count). The first-order chi connectivity index (χ1) is 7.69. The Morgan fingerprint density at radius 1 is 1.56 bits per heavy atom. The molecule has 1 aliphatic heterocycles. The van der Waals surface area contributed by atoms with Crippen LogP contribution in [0.2, 0.25) is 0 Å². The average molecular weight is 221 g/mol. The molecule has 2 aliphatic rings. The fraction of sp³-hybridized carbons (Fsp3) is 0.500. The molecule has 1 fully saturated rings. The van der Waals surface area contributed by atoms with Gasteiger partial charge in [-0.1, -0.05) is 18.2 Å². The van der Waals surface area contributed by atoms with Crippen molar-refractivity contribution in [1.82, 2.24) is 5.32 Å². The van der Waals surface area contributed by atoms with Crippen molar-refractivity contribution in [2.24, 2.45) is 17.8 Å². The average Bonchev–Trinajstić information content (AvgIpc) is 2.27. The lowest BCUT2D eigenvalue weighted by Crippen LogP contribution is -2.63. The van der Waals surface area contributed by atoms with Crippen molar-refractivity contribution in [3.63, 3.8) is 0 Å². The number of carbonyl (C=O) groups is 2. The maximum atomic E-state index is 11.6. The predicted molar refractivity (Wildman–Crippen MR) is 58.4 cm³/mol. The summed E-state index contributed by atoms with van der Waals surface area (Å²) in [5, 5.41) is 2.81. The topological polar surface area (TPSA) is 55.4 Å². The van der Waals surface area contributed by atoms with E-state index in [0.29, 0.717) is 0 Å². The summed E-state index contributed by atoms with van der Waals surface area (Å²) in [6.45, 7) is 1.92. The van der Waals surface area contributed by atoms with Gasteiger partial charge < -0.3 is 10.1 Å². The summed E-state index contributed by atoms with van der Waals surface area (Å²) in [4.78, 5) is 22.8. The van der Waals surface area contributed by atoms with Gasteiger partial charge in [-0.25, -0.2) is 0 Å². The standard InChI is InChI=1S/C12H15NO3/c1-3-4-7-8-5-6-9(14)13-11(8)10(7)12(15)16-2/h3-8,10-11H,1-2H3,(H,13,14)/b4-3+/t7-,8-,10+,11-/m0/s1. The van der Waals surface area contributed by atoms with Crippen LogP contribution in [0.1, 0.15) is 6.92 Å². The Balaban J connectivity index is 2.21. The normalized spacial score (nSPS) is 36.5. The Kier molecular flexibility index (Phi) is 2.81. The number of allylic oxidation sites excluding steroid dienone is 2. The van der Waals surface area contributed by atoms with Crippen LogP contribution in [0.5, 0.6) is 0 Å². The van der Waals surface area contributed by atoms with Crippen LogP contribution in [0, 0.1) is 17.8 Å². The van der Waals surface area contributed by atoms with Gasteiger partial charge in [-0.05, 0) is 13.0 Å². The van der Waals surface area contributed by atoms with Crippen LogP contribution in [0.25, 0.3) is 0 Å². The maximum absolute atomic E-state index is 11.6. The molecule has 16 heavy (non-hydrogen) atoms. The highest BCUT2D eigenvalue weighted by molar-refractivity contribution is 5.90. The van der Waals surface area contributed by atoms with E-state index in [4.69, 9.17) is 4.74 Å². The van der Waals surface area contributed by atoms with E-state index in [9.17, 15) is 9.59 Å². The molecule has 4 nitrogen and oxygen atoms in total. The van der Waals surface area contributed by atoms with Crippen LogP contribution in [0.4, 0.5) is 0 Å². The number of carbonyl (C=O) groups excluding carboxylic acids is 2. The lowest BCUT2D eigenvalue weighted by molar-refractivity contribution is -0.155. The molecule has 0 unspecified atom stereocenters. The van der Waals surface area contributed by atoms with E-state index in [1.807, 2.05) is 25.2 Å². The number of esters is 1. The summed E-state index contributed by atoms with van der Waals surface area (Å²) >= 11 is 0. The Hall–Kier alpha value is -1.58. The smallest absolute Gasteiger partial charge is 0.311 e. The second-order valence-corrected chi connectivity index (χ2v) is 4.12. The van der Waals surface area contributed by atoms with Gasteiger partial charge in [-0.2, -0.15) is 0 Å². The first-order valence-electron chi connectivity index (χ1n) is 5.38. The van der Waals surface area contributed by atoms with Gasteiger partial charge in [0.2, 0.25) is 5.91 Å². The van der Waals surface area contributed by atoms with E-state index >= 15 is 0 Å². The van der Waals surface area contributed by atoms with Crippen molar-refractivity contribution in [2.45, 2.75) is 13.0 Å². The number of amides is 1.